The van der Waals surface area contributed by atoms with E-state index in [0.717, 1.165) is 44.2 Å². The SMILES string of the molecule is [N-]=[N+]=NCCCCCNc1c2c(nc3ccccc13)CCCC2. The second-order valence-electron chi connectivity index (χ2n) is 6.08. The second-order valence-corrected chi connectivity index (χ2v) is 6.08. The molecule has 1 N–H and O–H groups in total. The predicted molar refractivity (Wildman–Crippen MR) is 94.7 cm³/mol. The van der Waals surface area contributed by atoms with Gasteiger partial charge in [0.05, 0.1) is 5.52 Å². The van der Waals surface area contributed by atoms with E-state index in [1.165, 1.54) is 35.2 Å². The number of azide groups is 1. The Bertz CT molecular complexity index is 719. The molecule has 1 aromatic carbocycles. The number of para-hydroxylation sites is 1. The molecule has 0 aliphatic heterocycles. The number of unbranched alkanes of at least 4 members (excludes halogenated alkanes) is 2. The topological polar surface area (TPSA) is 73.7 Å². The van der Waals surface area contributed by atoms with E-state index in [-0.39, 0.29) is 0 Å². The minimum absolute atomic E-state index is 0.601. The molecule has 5 nitrogen and oxygen atoms in total. The van der Waals surface area contributed by atoms with E-state index in [4.69, 9.17) is 10.5 Å². The van der Waals surface area contributed by atoms with Gasteiger partial charge in [-0.3, -0.25) is 4.98 Å². The average Bonchev–Trinajstić information content (AvgIpc) is 2.60. The van der Waals surface area contributed by atoms with Crippen molar-refractivity contribution < 1.29 is 0 Å². The number of hydrogen-bond acceptors (Lipinski definition) is 3. The quantitative estimate of drug-likeness (QED) is 0.338. The standard InChI is InChI=1S/C18H23N5/c19-23-21-13-7-1-6-12-20-18-14-8-2-4-10-16(14)22-17-11-5-3-9-15(17)18/h2,4,8,10H,1,3,5-7,9,11-13H2,(H,20,22). The number of benzene rings is 1. The Kier molecular flexibility index (Phi) is 5.33. The summed E-state index contributed by atoms with van der Waals surface area (Å²) >= 11 is 0. The van der Waals surface area contributed by atoms with E-state index in [2.05, 4.69) is 39.6 Å². The highest BCUT2D eigenvalue weighted by atomic mass is 15.1. The van der Waals surface area contributed by atoms with Crippen molar-refractivity contribution in [1.82, 2.24) is 4.98 Å². The van der Waals surface area contributed by atoms with Crippen molar-refractivity contribution >= 4 is 16.6 Å². The molecule has 0 spiro atoms. The van der Waals surface area contributed by atoms with Gasteiger partial charge in [0, 0.05) is 34.8 Å². The van der Waals surface area contributed by atoms with Crippen LogP contribution in [0.2, 0.25) is 0 Å². The van der Waals surface area contributed by atoms with E-state index in [1.54, 1.807) is 0 Å². The Morgan fingerprint density at radius 3 is 2.91 bits per heavy atom. The van der Waals surface area contributed by atoms with Gasteiger partial charge in [-0.2, -0.15) is 0 Å². The summed E-state index contributed by atoms with van der Waals surface area (Å²) in [6.45, 7) is 1.56. The molecule has 0 bridgehead atoms. The lowest BCUT2D eigenvalue weighted by molar-refractivity contribution is 0.670. The molecule has 2 aromatic rings. The molecule has 0 fully saturated rings. The molecule has 0 radical (unpaired) electrons. The molecule has 5 heteroatoms. The number of aryl methyl sites for hydroxylation is 1. The highest BCUT2D eigenvalue weighted by Gasteiger charge is 2.17. The first-order chi connectivity index (χ1) is 11.4. The van der Waals surface area contributed by atoms with Crippen LogP contribution in [-0.2, 0) is 12.8 Å². The summed E-state index contributed by atoms with van der Waals surface area (Å²) in [6, 6.07) is 8.42. The number of aromatic nitrogens is 1. The minimum Gasteiger partial charge on any atom is -0.384 e. The molecule has 0 amide bonds. The first kappa shape index (κ1) is 15.6. The number of nitrogens with zero attached hydrogens (tertiary/aromatic N) is 4. The fourth-order valence-corrected chi connectivity index (χ4v) is 3.32. The zero-order valence-electron chi connectivity index (χ0n) is 13.5. The average molecular weight is 309 g/mol. The van der Waals surface area contributed by atoms with Crippen molar-refractivity contribution in [1.29, 1.82) is 0 Å². The summed E-state index contributed by atoms with van der Waals surface area (Å²) in [7, 11) is 0. The van der Waals surface area contributed by atoms with Crippen LogP contribution < -0.4 is 5.32 Å². The van der Waals surface area contributed by atoms with Gasteiger partial charge in [-0.05, 0) is 55.7 Å². The Morgan fingerprint density at radius 1 is 1.13 bits per heavy atom. The van der Waals surface area contributed by atoms with Crippen molar-refractivity contribution in [3.63, 3.8) is 0 Å². The van der Waals surface area contributed by atoms with Crippen molar-refractivity contribution in [2.24, 2.45) is 5.11 Å². The third-order valence-electron chi connectivity index (χ3n) is 4.47. The van der Waals surface area contributed by atoms with Gasteiger partial charge in [-0.25, -0.2) is 0 Å². The number of hydrogen-bond donors (Lipinski definition) is 1. The summed E-state index contributed by atoms with van der Waals surface area (Å²) in [6.07, 6.45) is 7.86. The summed E-state index contributed by atoms with van der Waals surface area (Å²) in [4.78, 5) is 7.65. The van der Waals surface area contributed by atoms with Gasteiger partial charge in [0.1, 0.15) is 0 Å². The molecule has 3 rings (SSSR count). The highest BCUT2D eigenvalue weighted by Crippen LogP contribution is 2.33. The summed E-state index contributed by atoms with van der Waals surface area (Å²) in [5.74, 6) is 0. The molecular weight excluding hydrogens is 286 g/mol. The van der Waals surface area contributed by atoms with Gasteiger partial charge >= 0.3 is 0 Å². The Hall–Kier alpha value is -2.26. The first-order valence-electron chi connectivity index (χ1n) is 8.55. The van der Waals surface area contributed by atoms with Gasteiger partial charge in [0.2, 0.25) is 0 Å². The van der Waals surface area contributed by atoms with E-state index in [0.29, 0.717) is 6.54 Å². The molecule has 23 heavy (non-hydrogen) atoms. The van der Waals surface area contributed by atoms with Crippen LogP contribution in [0.3, 0.4) is 0 Å². The largest absolute Gasteiger partial charge is 0.384 e. The molecule has 0 atom stereocenters. The van der Waals surface area contributed by atoms with Crippen molar-refractivity contribution in [3.05, 3.63) is 46.0 Å². The Morgan fingerprint density at radius 2 is 2.00 bits per heavy atom. The van der Waals surface area contributed by atoms with Crippen molar-refractivity contribution in [2.75, 3.05) is 18.4 Å². The molecule has 0 saturated carbocycles. The Balaban J connectivity index is 1.72. The summed E-state index contributed by atoms with van der Waals surface area (Å²) in [5.41, 5.74) is 13.4. The lowest BCUT2D eigenvalue weighted by Crippen LogP contribution is -2.12. The summed E-state index contributed by atoms with van der Waals surface area (Å²) in [5, 5.41) is 8.48. The highest BCUT2D eigenvalue weighted by molar-refractivity contribution is 5.93. The van der Waals surface area contributed by atoms with Gasteiger partial charge in [-0.1, -0.05) is 29.7 Å². The van der Waals surface area contributed by atoms with E-state index in [1.807, 2.05) is 0 Å². The fraction of sp³-hybridized carbons (Fsp3) is 0.500. The number of nitrogens with one attached hydrogen (secondary N) is 1. The maximum atomic E-state index is 8.27. The van der Waals surface area contributed by atoms with E-state index in [9.17, 15) is 0 Å². The van der Waals surface area contributed by atoms with Gasteiger partial charge in [0.25, 0.3) is 0 Å². The van der Waals surface area contributed by atoms with E-state index < -0.39 is 0 Å². The number of anilines is 1. The van der Waals surface area contributed by atoms with E-state index >= 15 is 0 Å². The van der Waals surface area contributed by atoms with Crippen LogP contribution in [0.5, 0.6) is 0 Å². The van der Waals surface area contributed by atoms with Crippen LogP contribution >= 0.6 is 0 Å². The normalized spacial score (nSPS) is 13.4. The fourth-order valence-electron chi connectivity index (χ4n) is 3.32. The number of rotatable bonds is 7. The zero-order chi connectivity index (χ0) is 15.9. The number of pyridine rings is 1. The van der Waals surface area contributed by atoms with Crippen molar-refractivity contribution in [2.45, 2.75) is 44.9 Å². The maximum absolute atomic E-state index is 8.27. The van der Waals surface area contributed by atoms with Crippen LogP contribution in [-0.4, -0.2) is 18.1 Å². The summed E-state index contributed by atoms with van der Waals surface area (Å²) < 4.78 is 0. The predicted octanol–water partition coefficient (Wildman–Crippen LogP) is 5.01. The molecule has 0 saturated heterocycles. The van der Waals surface area contributed by atoms with Gasteiger partial charge < -0.3 is 5.32 Å². The van der Waals surface area contributed by atoms with Crippen LogP contribution in [0.25, 0.3) is 21.3 Å². The zero-order valence-corrected chi connectivity index (χ0v) is 13.5. The molecule has 1 heterocycles. The third kappa shape index (κ3) is 3.74. The van der Waals surface area contributed by atoms with Crippen LogP contribution in [0, 0.1) is 0 Å². The molecule has 1 aromatic heterocycles. The van der Waals surface area contributed by atoms with Crippen LogP contribution in [0.15, 0.2) is 29.4 Å². The van der Waals surface area contributed by atoms with Gasteiger partial charge in [0.15, 0.2) is 0 Å². The smallest absolute Gasteiger partial charge is 0.0726 e. The second kappa shape index (κ2) is 7.84. The molecule has 0 unspecified atom stereocenters. The lowest BCUT2D eigenvalue weighted by Gasteiger charge is -2.21. The molecule has 120 valence electrons. The Labute approximate surface area is 136 Å². The molecule has 1 aliphatic carbocycles. The third-order valence-corrected chi connectivity index (χ3v) is 4.47. The first-order valence-corrected chi connectivity index (χ1v) is 8.55. The monoisotopic (exact) mass is 309 g/mol. The van der Waals surface area contributed by atoms with Crippen LogP contribution in [0.1, 0.15) is 43.4 Å². The number of fused-ring (bicyclic) bond motifs is 2. The minimum atomic E-state index is 0.601. The maximum Gasteiger partial charge on any atom is 0.0726 e. The van der Waals surface area contributed by atoms with Crippen molar-refractivity contribution in [3.8, 4) is 0 Å². The molecule has 1 aliphatic rings. The molecular formula is C18H23N5. The van der Waals surface area contributed by atoms with Gasteiger partial charge in [-0.15, -0.1) is 0 Å². The lowest BCUT2D eigenvalue weighted by atomic mass is 9.92. The van der Waals surface area contributed by atoms with Crippen LogP contribution in [0.4, 0.5) is 5.69 Å².